The van der Waals surface area contributed by atoms with Crippen molar-refractivity contribution in [2.45, 2.75) is 38.0 Å². The molecule has 2 aromatic carbocycles. The van der Waals surface area contributed by atoms with Crippen molar-refractivity contribution in [3.63, 3.8) is 0 Å². The molecule has 0 unspecified atom stereocenters. The molecule has 0 bridgehead atoms. The van der Waals surface area contributed by atoms with Gasteiger partial charge in [-0.1, -0.05) is 59.8 Å². The van der Waals surface area contributed by atoms with Crippen molar-refractivity contribution in [1.29, 1.82) is 0 Å². The number of carbonyl (C=O) groups is 1. The van der Waals surface area contributed by atoms with Gasteiger partial charge < -0.3 is 9.42 Å². The number of benzene rings is 2. The van der Waals surface area contributed by atoms with Gasteiger partial charge in [-0.15, -0.1) is 0 Å². The van der Waals surface area contributed by atoms with E-state index in [2.05, 4.69) is 14.7 Å². The van der Waals surface area contributed by atoms with Gasteiger partial charge in [-0.05, 0) is 24.0 Å². The maximum atomic E-state index is 12.8. The Bertz CT molecular complexity index is 980. The Hall–Kier alpha value is -3.16. The van der Waals surface area contributed by atoms with Crippen molar-refractivity contribution >= 4 is 5.91 Å². The molecule has 0 spiro atoms. The smallest absolute Gasteiger partial charge is 0.335 e. The van der Waals surface area contributed by atoms with Crippen molar-refractivity contribution in [2.75, 3.05) is 0 Å². The summed E-state index contributed by atoms with van der Waals surface area (Å²) in [5.41, 5.74) is 2.28. The molecule has 0 aliphatic heterocycles. The lowest BCUT2D eigenvalue weighted by atomic mass is 10.1. The monoisotopic (exact) mass is 401 g/mol. The number of halogens is 3. The zero-order valence-corrected chi connectivity index (χ0v) is 15.4. The fraction of sp³-hybridized carbons (Fsp3) is 0.286. The van der Waals surface area contributed by atoms with Crippen LogP contribution in [0.5, 0.6) is 0 Å². The van der Waals surface area contributed by atoms with Crippen LogP contribution in [0.4, 0.5) is 13.2 Å². The van der Waals surface area contributed by atoms with Gasteiger partial charge in [0, 0.05) is 18.2 Å². The lowest BCUT2D eigenvalue weighted by Crippen LogP contribution is -2.33. The first-order valence-electron chi connectivity index (χ1n) is 9.24. The summed E-state index contributed by atoms with van der Waals surface area (Å²) in [5, 5.41) is 3.39. The van der Waals surface area contributed by atoms with Gasteiger partial charge in [-0.2, -0.15) is 18.2 Å². The van der Waals surface area contributed by atoms with Crippen LogP contribution in [0, 0.1) is 0 Å². The number of rotatable bonds is 6. The molecular formula is C21H18F3N3O2. The Labute approximate surface area is 165 Å². The summed E-state index contributed by atoms with van der Waals surface area (Å²) in [6.45, 7) is 0.455. The summed E-state index contributed by atoms with van der Waals surface area (Å²) < 4.78 is 42.1. The van der Waals surface area contributed by atoms with Crippen LogP contribution >= 0.6 is 0 Å². The Morgan fingerprint density at radius 3 is 2.31 bits per heavy atom. The third-order valence-electron chi connectivity index (χ3n) is 4.74. The molecular weight excluding hydrogens is 383 g/mol. The number of hydrogen-bond donors (Lipinski definition) is 0. The van der Waals surface area contributed by atoms with E-state index in [4.69, 9.17) is 0 Å². The maximum Gasteiger partial charge on any atom is 0.471 e. The van der Waals surface area contributed by atoms with Crippen LogP contribution in [0.3, 0.4) is 0 Å². The molecule has 8 heteroatoms. The second-order valence-electron chi connectivity index (χ2n) is 7.03. The molecule has 1 fully saturated rings. The largest absolute Gasteiger partial charge is 0.471 e. The van der Waals surface area contributed by atoms with Crippen LogP contribution in [0.2, 0.25) is 0 Å². The molecule has 0 radical (unpaired) electrons. The van der Waals surface area contributed by atoms with Gasteiger partial charge in [0.15, 0.2) is 0 Å². The predicted molar refractivity (Wildman–Crippen MR) is 98.5 cm³/mol. The molecule has 150 valence electrons. The fourth-order valence-corrected chi connectivity index (χ4v) is 3.09. The average Bonchev–Trinajstić information content (AvgIpc) is 3.41. The minimum absolute atomic E-state index is 0.0655. The van der Waals surface area contributed by atoms with Gasteiger partial charge in [0.2, 0.25) is 11.7 Å². The lowest BCUT2D eigenvalue weighted by Gasteiger charge is -2.23. The molecule has 0 atom stereocenters. The first kappa shape index (κ1) is 19.2. The van der Waals surface area contributed by atoms with Crippen LogP contribution in [-0.4, -0.2) is 27.0 Å². The quantitative estimate of drug-likeness (QED) is 0.611. The maximum absolute atomic E-state index is 12.8. The number of hydrogen-bond acceptors (Lipinski definition) is 4. The van der Waals surface area contributed by atoms with Gasteiger partial charge in [0.1, 0.15) is 0 Å². The van der Waals surface area contributed by atoms with Crippen molar-refractivity contribution in [3.8, 4) is 11.4 Å². The van der Waals surface area contributed by atoms with E-state index in [0.717, 1.165) is 24.0 Å². The van der Waals surface area contributed by atoms with Gasteiger partial charge in [0.25, 0.3) is 0 Å². The molecule has 0 saturated heterocycles. The third-order valence-corrected chi connectivity index (χ3v) is 4.74. The number of alkyl halides is 3. The number of aromatic nitrogens is 2. The second-order valence-corrected chi connectivity index (χ2v) is 7.03. The fourth-order valence-electron chi connectivity index (χ4n) is 3.09. The molecule has 3 aromatic rings. The molecule has 4 rings (SSSR count). The van der Waals surface area contributed by atoms with Crippen LogP contribution in [0.1, 0.15) is 29.9 Å². The molecule has 1 aliphatic carbocycles. The van der Waals surface area contributed by atoms with Crippen molar-refractivity contribution in [1.82, 2.24) is 15.0 Å². The van der Waals surface area contributed by atoms with Gasteiger partial charge in [0.05, 0.1) is 6.42 Å². The Kier molecular flexibility index (Phi) is 5.08. The van der Waals surface area contributed by atoms with Crippen molar-refractivity contribution < 1.29 is 22.5 Å². The summed E-state index contributed by atoms with van der Waals surface area (Å²) in [7, 11) is 0. The summed E-state index contributed by atoms with van der Waals surface area (Å²) in [5.74, 6) is -1.43. The van der Waals surface area contributed by atoms with Crippen molar-refractivity contribution in [2.24, 2.45) is 0 Å². The molecule has 29 heavy (non-hydrogen) atoms. The van der Waals surface area contributed by atoms with Gasteiger partial charge in [-0.25, -0.2) is 0 Å². The van der Waals surface area contributed by atoms with E-state index in [1.165, 1.54) is 0 Å². The number of nitrogens with zero attached hydrogens (tertiary/aromatic N) is 3. The summed E-state index contributed by atoms with van der Waals surface area (Å²) in [6.07, 6.45) is -2.35. The number of amides is 1. The minimum Gasteiger partial charge on any atom is -0.335 e. The third kappa shape index (κ3) is 4.64. The van der Waals surface area contributed by atoms with Crippen LogP contribution in [0.15, 0.2) is 59.1 Å². The highest BCUT2D eigenvalue weighted by molar-refractivity contribution is 5.79. The van der Waals surface area contributed by atoms with E-state index >= 15 is 0 Å². The second kappa shape index (κ2) is 7.69. The van der Waals surface area contributed by atoms with Crippen LogP contribution < -0.4 is 0 Å². The molecule has 5 nitrogen and oxygen atoms in total. The highest BCUT2D eigenvalue weighted by Crippen LogP contribution is 2.31. The van der Waals surface area contributed by atoms with Gasteiger partial charge >= 0.3 is 12.1 Å². The highest BCUT2D eigenvalue weighted by atomic mass is 19.4. The minimum atomic E-state index is -4.67. The first-order chi connectivity index (χ1) is 13.9. The first-order valence-corrected chi connectivity index (χ1v) is 9.24. The summed E-state index contributed by atoms with van der Waals surface area (Å²) >= 11 is 0. The zero-order chi connectivity index (χ0) is 20.4. The van der Waals surface area contributed by atoms with E-state index in [1.807, 2.05) is 35.2 Å². The van der Waals surface area contributed by atoms with Crippen molar-refractivity contribution in [3.05, 3.63) is 71.6 Å². The van der Waals surface area contributed by atoms with Crippen LogP contribution in [0.25, 0.3) is 11.4 Å². The average molecular weight is 401 g/mol. The molecule has 1 saturated carbocycles. The normalized spacial score (nSPS) is 14.0. The standard InChI is InChI=1S/C21H18F3N3O2/c22-21(23,24)20-25-19(26-29-20)16-8-6-15(7-9-16)13-27(17-10-11-17)18(28)12-14-4-2-1-3-5-14/h1-9,17H,10-13H2. The van der Waals surface area contributed by atoms with E-state index in [1.54, 1.807) is 24.3 Å². The zero-order valence-electron chi connectivity index (χ0n) is 15.4. The molecule has 1 heterocycles. The molecule has 1 aliphatic rings. The molecule has 1 aromatic heterocycles. The Morgan fingerprint density at radius 1 is 1.03 bits per heavy atom. The molecule has 0 N–H and O–H groups in total. The number of carbonyl (C=O) groups excluding carboxylic acids is 1. The topological polar surface area (TPSA) is 59.2 Å². The highest BCUT2D eigenvalue weighted by Gasteiger charge is 2.38. The van der Waals surface area contributed by atoms with E-state index in [-0.39, 0.29) is 17.8 Å². The van der Waals surface area contributed by atoms with E-state index in [0.29, 0.717) is 18.5 Å². The Morgan fingerprint density at radius 2 is 1.72 bits per heavy atom. The van der Waals surface area contributed by atoms with Gasteiger partial charge in [-0.3, -0.25) is 4.79 Å². The molecule has 1 amide bonds. The predicted octanol–water partition coefficient (Wildman–Crippen LogP) is 4.49. The Balaban J connectivity index is 1.45. The summed E-state index contributed by atoms with van der Waals surface area (Å²) in [6, 6.07) is 16.6. The lowest BCUT2D eigenvalue weighted by molar-refractivity contribution is -0.159. The summed E-state index contributed by atoms with van der Waals surface area (Å²) in [4.78, 5) is 18.0. The van der Waals surface area contributed by atoms with E-state index in [9.17, 15) is 18.0 Å². The SMILES string of the molecule is O=C(Cc1ccccc1)N(Cc1ccc(-c2noc(C(F)(F)F)n2)cc1)C1CC1. The van der Waals surface area contributed by atoms with E-state index < -0.39 is 12.1 Å². The van der Waals surface area contributed by atoms with Crippen LogP contribution in [-0.2, 0) is 23.9 Å².